The van der Waals surface area contributed by atoms with E-state index in [0.717, 1.165) is 33.4 Å². The molecule has 22 heavy (non-hydrogen) atoms. The van der Waals surface area contributed by atoms with Gasteiger partial charge in [0.05, 0.1) is 23.1 Å². The van der Waals surface area contributed by atoms with Crippen LogP contribution < -0.4 is 0 Å². The molecule has 1 N–H and O–H groups in total. The van der Waals surface area contributed by atoms with Crippen LogP contribution in [0.3, 0.4) is 0 Å². The first kappa shape index (κ1) is 14.4. The van der Waals surface area contributed by atoms with Crippen molar-refractivity contribution in [2.24, 2.45) is 0 Å². The van der Waals surface area contributed by atoms with E-state index >= 15 is 0 Å². The van der Waals surface area contributed by atoms with Gasteiger partial charge in [0, 0.05) is 6.20 Å². The van der Waals surface area contributed by atoms with Gasteiger partial charge in [0.15, 0.2) is 5.82 Å². The summed E-state index contributed by atoms with van der Waals surface area (Å²) in [6.07, 6.45) is 2.10. The van der Waals surface area contributed by atoms with Crippen molar-refractivity contribution in [2.75, 3.05) is 0 Å². The van der Waals surface area contributed by atoms with Crippen molar-refractivity contribution in [1.29, 1.82) is 0 Å². The highest BCUT2D eigenvalue weighted by Gasteiger charge is 2.15. The molecule has 0 saturated carbocycles. The lowest BCUT2D eigenvalue weighted by molar-refractivity contribution is 0.0983. The largest absolute Gasteiger partial charge is 0.335 e. The summed E-state index contributed by atoms with van der Waals surface area (Å²) >= 11 is 0. The van der Waals surface area contributed by atoms with Crippen LogP contribution in [0.5, 0.6) is 0 Å². The van der Waals surface area contributed by atoms with E-state index in [1.165, 1.54) is 5.56 Å². The van der Waals surface area contributed by atoms with Crippen LogP contribution in [0.15, 0.2) is 24.4 Å². The number of H-pyrrole nitrogens is 1. The van der Waals surface area contributed by atoms with Crippen LogP contribution in [-0.4, -0.2) is 20.7 Å². The topological polar surface area (TPSA) is 58.6 Å². The summed E-state index contributed by atoms with van der Waals surface area (Å²) < 4.78 is 0. The molecule has 3 aromatic rings. The second-order valence-electron chi connectivity index (χ2n) is 5.84. The van der Waals surface area contributed by atoms with Crippen LogP contribution in [0.2, 0.25) is 0 Å². The second kappa shape index (κ2) is 5.37. The molecule has 3 rings (SSSR count). The van der Waals surface area contributed by atoms with E-state index in [1.807, 2.05) is 45.2 Å². The number of hydrogen-bond donors (Lipinski definition) is 1. The van der Waals surface area contributed by atoms with Gasteiger partial charge in [-0.1, -0.05) is 6.07 Å². The van der Waals surface area contributed by atoms with Gasteiger partial charge in [-0.2, -0.15) is 0 Å². The number of nitrogens with zero attached hydrogens (tertiary/aromatic N) is 2. The number of nitrogens with one attached hydrogen (secondary N) is 1. The minimum Gasteiger partial charge on any atom is -0.335 e. The molecule has 4 nitrogen and oxygen atoms in total. The van der Waals surface area contributed by atoms with Crippen LogP contribution in [-0.2, 0) is 6.42 Å². The molecule has 1 aromatic carbocycles. The minimum absolute atomic E-state index is 0.0345. The van der Waals surface area contributed by atoms with E-state index in [1.54, 1.807) is 0 Å². The van der Waals surface area contributed by atoms with Crippen molar-refractivity contribution in [3.63, 3.8) is 0 Å². The molecule has 0 amide bonds. The number of aryl methyl sites for hydroxylation is 2. The SMILES string of the molecule is Cc1ccc2nc(C(=O)Cc3ncc(C)c(C)c3C)[nH]c2c1. The third kappa shape index (κ3) is 2.52. The number of aromatic amines is 1. The summed E-state index contributed by atoms with van der Waals surface area (Å²) in [5.41, 5.74) is 7.10. The maximum absolute atomic E-state index is 12.5. The van der Waals surface area contributed by atoms with Crippen LogP contribution in [0.25, 0.3) is 11.0 Å². The zero-order chi connectivity index (χ0) is 15.9. The van der Waals surface area contributed by atoms with Crippen molar-refractivity contribution >= 4 is 16.8 Å². The molecule has 0 saturated heterocycles. The van der Waals surface area contributed by atoms with Crippen molar-refractivity contribution in [1.82, 2.24) is 15.0 Å². The fourth-order valence-corrected chi connectivity index (χ4v) is 2.55. The number of aromatic nitrogens is 3. The number of carbonyl (C=O) groups excluding carboxylic acids is 1. The Morgan fingerprint density at radius 1 is 1.14 bits per heavy atom. The van der Waals surface area contributed by atoms with Gasteiger partial charge in [-0.3, -0.25) is 9.78 Å². The number of benzene rings is 1. The molecule has 0 unspecified atom stereocenters. The van der Waals surface area contributed by atoms with Crippen LogP contribution in [0, 0.1) is 27.7 Å². The Bertz CT molecular complexity index is 877. The first-order chi connectivity index (χ1) is 10.5. The van der Waals surface area contributed by atoms with E-state index in [0.29, 0.717) is 5.82 Å². The monoisotopic (exact) mass is 293 g/mol. The van der Waals surface area contributed by atoms with Crippen LogP contribution in [0.4, 0.5) is 0 Å². The van der Waals surface area contributed by atoms with E-state index < -0.39 is 0 Å². The Morgan fingerprint density at radius 2 is 1.91 bits per heavy atom. The number of rotatable bonds is 3. The maximum Gasteiger partial charge on any atom is 0.204 e. The standard InChI is InChI=1S/C18H19N3O/c1-10-5-6-14-16(7-10)21-18(20-14)17(22)8-15-13(4)12(3)11(2)9-19-15/h5-7,9H,8H2,1-4H3,(H,20,21). The van der Waals surface area contributed by atoms with Crippen molar-refractivity contribution in [3.8, 4) is 0 Å². The zero-order valence-corrected chi connectivity index (χ0v) is 13.3. The van der Waals surface area contributed by atoms with Gasteiger partial charge in [0.1, 0.15) is 0 Å². The number of Topliss-reactive ketones (excluding diaryl/α,β-unsaturated/α-hetero) is 1. The molecule has 4 heteroatoms. The van der Waals surface area contributed by atoms with Gasteiger partial charge in [-0.05, 0) is 62.1 Å². The van der Waals surface area contributed by atoms with E-state index in [2.05, 4.69) is 21.9 Å². The molecule has 112 valence electrons. The minimum atomic E-state index is -0.0345. The molecule has 0 radical (unpaired) electrons. The van der Waals surface area contributed by atoms with Crippen LogP contribution >= 0.6 is 0 Å². The highest BCUT2D eigenvalue weighted by Crippen LogP contribution is 2.18. The third-order valence-electron chi connectivity index (χ3n) is 4.23. The number of carbonyl (C=O) groups is 1. The molecule has 2 heterocycles. The molecule has 0 fully saturated rings. The predicted molar refractivity (Wildman–Crippen MR) is 87.3 cm³/mol. The average Bonchev–Trinajstić information content (AvgIpc) is 2.91. The van der Waals surface area contributed by atoms with Gasteiger partial charge in [-0.25, -0.2) is 4.98 Å². The van der Waals surface area contributed by atoms with E-state index in [4.69, 9.17) is 0 Å². The molecule has 0 aliphatic rings. The smallest absolute Gasteiger partial charge is 0.204 e. The quantitative estimate of drug-likeness (QED) is 0.750. The average molecular weight is 293 g/mol. The molecule has 0 aliphatic carbocycles. The van der Waals surface area contributed by atoms with Crippen molar-refractivity contribution in [2.45, 2.75) is 34.1 Å². The first-order valence-corrected chi connectivity index (χ1v) is 7.37. The number of hydrogen-bond acceptors (Lipinski definition) is 3. The normalized spacial score (nSPS) is 11.1. The Kier molecular flexibility index (Phi) is 3.53. The maximum atomic E-state index is 12.5. The van der Waals surface area contributed by atoms with Gasteiger partial charge in [-0.15, -0.1) is 0 Å². The number of imidazole rings is 1. The molecular formula is C18H19N3O. The predicted octanol–water partition coefficient (Wildman–Crippen LogP) is 3.62. The van der Waals surface area contributed by atoms with Crippen LogP contribution in [0.1, 0.15) is 38.6 Å². The Hall–Kier alpha value is -2.49. The molecular weight excluding hydrogens is 274 g/mol. The summed E-state index contributed by atoms with van der Waals surface area (Å²) in [6.45, 7) is 8.12. The lowest BCUT2D eigenvalue weighted by Crippen LogP contribution is -2.09. The number of ketones is 1. The van der Waals surface area contributed by atoms with Gasteiger partial charge < -0.3 is 4.98 Å². The fourth-order valence-electron chi connectivity index (χ4n) is 2.55. The molecule has 0 spiro atoms. The van der Waals surface area contributed by atoms with Gasteiger partial charge in [0.2, 0.25) is 5.78 Å². The van der Waals surface area contributed by atoms with Crippen molar-refractivity contribution < 1.29 is 4.79 Å². The van der Waals surface area contributed by atoms with E-state index in [9.17, 15) is 4.79 Å². The summed E-state index contributed by atoms with van der Waals surface area (Å²) in [5, 5.41) is 0. The molecule has 2 aromatic heterocycles. The Morgan fingerprint density at radius 3 is 2.68 bits per heavy atom. The summed E-state index contributed by atoms with van der Waals surface area (Å²) in [6, 6.07) is 5.92. The third-order valence-corrected chi connectivity index (χ3v) is 4.23. The Labute approximate surface area is 129 Å². The lowest BCUT2D eigenvalue weighted by atomic mass is 10.0. The molecule has 0 bridgehead atoms. The number of fused-ring (bicyclic) bond motifs is 1. The van der Waals surface area contributed by atoms with E-state index in [-0.39, 0.29) is 12.2 Å². The number of pyridine rings is 1. The molecule has 0 aliphatic heterocycles. The highest BCUT2D eigenvalue weighted by atomic mass is 16.1. The van der Waals surface area contributed by atoms with Gasteiger partial charge >= 0.3 is 0 Å². The molecule has 0 atom stereocenters. The lowest BCUT2D eigenvalue weighted by Gasteiger charge is -2.08. The summed E-state index contributed by atoms with van der Waals surface area (Å²) in [7, 11) is 0. The Balaban J connectivity index is 1.92. The summed E-state index contributed by atoms with van der Waals surface area (Å²) in [5.74, 6) is 0.368. The summed E-state index contributed by atoms with van der Waals surface area (Å²) in [4.78, 5) is 24.4. The fraction of sp³-hybridized carbons (Fsp3) is 0.278. The van der Waals surface area contributed by atoms with Crippen molar-refractivity contribution in [3.05, 3.63) is 58.2 Å². The van der Waals surface area contributed by atoms with Gasteiger partial charge in [0.25, 0.3) is 0 Å². The highest BCUT2D eigenvalue weighted by molar-refractivity contribution is 5.97. The zero-order valence-electron chi connectivity index (χ0n) is 13.3. The first-order valence-electron chi connectivity index (χ1n) is 7.37. The second-order valence-corrected chi connectivity index (χ2v) is 5.84.